The van der Waals surface area contributed by atoms with Crippen LogP contribution in [-0.2, 0) is 15.7 Å². The van der Waals surface area contributed by atoms with E-state index in [1.807, 2.05) is 18.2 Å². The van der Waals surface area contributed by atoms with Crippen LogP contribution in [0.4, 0.5) is 5.69 Å². The molecule has 2 aromatic rings. The SMILES string of the molecule is CNS(=O)(=O)c1ccc(N[C@@](C)(O)c2ccccc2)c(Br)c1. The van der Waals surface area contributed by atoms with Crippen molar-refractivity contribution in [3.05, 3.63) is 58.6 Å². The summed E-state index contributed by atoms with van der Waals surface area (Å²) in [7, 11) is -2.15. The van der Waals surface area contributed by atoms with E-state index in [1.165, 1.54) is 19.2 Å². The van der Waals surface area contributed by atoms with Crippen molar-refractivity contribution in [2.45, 2.75) is 17.5 Å². The van der Waals surface area contributed by atoms with Crippen LogP contribution in [0.15, 0.2) is 57.9 Å². The Kier molecular flexibility index (Phi) is 4.91. The number of hydrogen-bond acceptors (Lipinski definition) is 4. The molecule has 0 aliphatic carbocycles. The van der Waals surface area contributed by atoms with Crippen molar-refractivity contribution in [2.75, 3.05) is 12.4 Å². The van der Waals surface area contributed by atoms with Gasteiger partial charge in [0.05, 0.1) is 10.6 Å². The summed E-state index contributed by atoms with van der Waals surface area (Å²) in [5.41, 5.74) is 0.00502. The third-order valence-corrected chi connectivity index (χ3v) is 5.30. The second kappa shape index (κ2) is 6.37. The molecule has 5 nitrogen and oxygen atoms in total. The average Bonchev–Trinajstić information content (AvgIpc) is 2.50. The predicted octanol–water partition coefficient (Wildman–Crippen LogP) is 2.63. The minimum atomic E-state index is -3.50. The highest BCUT2D eigenvalue weighted by atomic mass is 79.9. The Morgan fingerprint density at radius 2 is 1.77 bits per heavy atom. The molecule has 0 aliphatic rings. The number of halogens is 1. The maximum absolute atomic E-state index is 11.8. The Labute approximate surface area is 138 Å². The Bertz CT molecular complexity index is 762. The van der Waals surface area contributed by atoms with Gasteiger partial charge < -0.3 is 10.4 Å². The van der Waals surface area contributed by atoms with Gasteiger partial charge in [0.15, 0.2) is 5.72 Å². The molecule has 2 rings (SSSR count). The fourth-order valence-electron chi connectivity index (χ4n) is 1.98. The lowest BCUT2D eigenvalue weighted by Gasteiger charge is -2.27. The normalized spacial score (nSPS) is 14.4. The molecule has 0 amide bonds. The molecular weight excluding hydrogens is 368 g/mol. The Hall–Kier alpha value is -1.41. The van der Waals surface area contributed by atoms with Crippen LogP contribution < -0.4 is 10.0 Å². The predicted molar refractivity (Wildman–Crippen MR) is 90.0 cm³/mol. The van der Waals surface area contributed by atoms with Gasteiger partial charge in [0.25, 0.3) is 0 Å². The number of aliphatic hydroxyl groups is 1. The quantitative estimate of drug-likeness (QED) is 0.692. The lowest BCUT2D eigenvalue weighted by atomic mass is 10.0. The molecule has 118 valence electrons. The number of benzene rings is 2. The molecule has 1 atom stereocenters. The van der Waals surface area contributed by atoms with Crippen LogP contribution in [0.25, 0.3) is 0 Å². The second-order valence-electron chi connectivity index (χ2n) is 4.91. The summed E-state index contributed by atoms with van der Waals surface area (Å²) in [5, 5.41) is 13.6. The number of rotatable bonds is 5. The first-order valence-electron chi connectivity index (χ1n) is 6.55. The lowest BCUT2D eigenvalue weighted by Crippen LogP contribution is -2.31. The van der Waals surface area contributed by atoms with Gasteiger partial charge in [-0.1, -0.05) is 30.3 Å². The average molecular weight is 385 g/mol. The highest BCUT2D eigenvalue weighted by molar-refractivity contribution is 9.10. The van der Waals surface area contributed by atoms with E-state index in [9.17, 15) is 13.5 Å². The van der Waals surface area contributed by atoms with Crippen molar-refractivity contribution in [3.63, 3.8) is 0 Å². The van der Waals surface area contributed by atoms with Gasteiger partial charge in [-0.05, 0) is 48.1 Å². The van der Waals surface area contributed by atoms with Gasteiger partial charge in [-0.2, -0.15) is 0 Å². The highest BCUT2D eigenvalue weighted by Crippen LogP contribution is 2.30. The van der Waals surface area contributed by atoms with Crippen LogP contribution in [0.5, 0.6) is 0 Å². The van der Waals surface area contributed by atoms with Gasteiger partial charge in [0.2, 0.25) is 10.0 Å². The first kappa shape index (κ1) is 17.0. The molecule has 7 heteroatoms. The summed E-state index contributed by atoms with van der Waals surface area (Å²) in [6.45, 7) is 1.63. The molecule has 0 aliphatic heterocycles. The molecule has 0 fully saturated rings. The van der Waals surface area contributed by atoms with Crippen molar-refractivity contribution in [1.82, 2.24) is 4.72 Å². The van der Waals surface area contributed by atoms with Crippen molar-refractivity contribution in [1.29, 1.82) is 0 Å². The van der Waals surface area contributed by atoms with Crippen LogP contribution in [0.1, 0.15) is 12.5 Å². The summed E-state index contributed by atoms with van der Waals surface area (Å²) in [6, 6.07) is 13.7. The molecule has 0 bridgehead atoms. The zero-order chi connectivity index (χ0) is 16.4. The Morgan fingerprint density at radius 1 is 1.14 bits per heavy atom. The second-order valence-corrected chi connectivity index (χ2v) is 7.65. The molecular formula is C15H17BrN2O3S. The summed E-state index contributed by atoms with van der Waals surface area (Å²) in [4.78, 5) is 0.145. The van der Waals surface area contributed by atoms with Gasteiger partial charge in [-0.3, -0.25) is 0 Å². The van der Waals surface area contributed by atoms with Crippen LogP contribution >= 0.6 is 15.9 Å². The first-order valence-corrected chi connectivity index (χ1v) is 8.83. The van der Waals surface area contributed by atoms with E-state index in [2.05, 4.69) is 26.0 Å². The third kappa shape index (κ3) is 3.67. The Balaban J connectivity index is 2.31. The Morgan fingerprint density at radius 3 is 2.32 bits per heavy atom. The van der Waals surface area contributed by atoms with Crippen molar-refractivity contribution in [2.24, 2.45) is 0 Å². The molecule has 3 N–H and O–H groups in total. The third-order valence-electron chi connectivity index (χ3n) is 3.23. The smallest absolute Gasteiger partial charge is 0.240 e. The highest BCUT2D eigenvalue weighted by Gasteiger charge is 2.23. The van der Waals surface area contributed by atoms with Gasteiger partial charge in [0.1, 0.15) is 0 Å². The van der Waals surface area contributed by atoms with E-state index in [0.29, 0.717) is 15.7 Å². The molecule has 0 aromatic heterocycles. The first-order chi connectivity index (χ1) is 10.3. The van der Waals surface area contributed by atoms with E-state index in [-0.39, 0.29) is 4.90 Å². The van der Waals surface area contributed by atoms with Crippen LogP contribution in [0, 0.1) is 0 Å². The fourth-order valence-corrected chi connectivity index (χ4v) is 3.36. The van der Waals surface area contributed by atoms with Crippen molar-refractivity contribution >= 4 is 31.6 Å². The standard InChI is InChI=1S/C15H17BrN2O3S/c1-15(19,11-6-4-3-5-7-11)18-14-9-8-12(10-13(14)16)22(20,21)17-2/h3-10,17-19H,1-2H3/t15-/m0/s1. The van der Waals surface area contributed by atoms with Crippen LogP contribution in [0.3, 0.4) is 0 Å². The van der Waals surface area contributed by atoms with E-state index in [0.717, 1.165) is 0 Å². The summed E-state index contributed by atoms with van der Waals surface area (Å²) in [5.74, 6) is 0. The molecule has 0 saturated heterocycles. The fraction of sp³-hybridized carbons (Fsp3) is 0.200. The minimum absolute atomic E-state index is 0.145. The molecule has 2 aromatic carbocycles. The van der Waals surface area contributed by atoms with E-state index in [4.69, 9.17) is 0 Å². The lowest BCUT2D eigenvalue weighted by molar-refractivity contribution is 0.0887. The number of sulfonamides is 1. The molecule has 0 heterocycles. The summed E-state index contributed by atoms with van der Waals surface area (Å²) >= 11 is 3.33. The molecule has 0 radical (unpaired) electrons. The minimum Gasteiger partial charge on any atom is -0.367 e. The van der Waals surface area contributed by atoms with Crippen LogP contribution in [-0.4, -0.2) is 20.6 Å². The van der Waals surface area contributed by atoms with Crippen LogP contribution in [0.2, 0.25) is 0 Å². The summed E-state index contributed by atoms with van der Waals surface area (Å²) in [6.07, 6.45) is 0. The monoisotopic (exact) mass is 384 g/mol. The van der Waals surface area contributed by atoms with Gasteiger partial charge >= 0.3 is 0 Å². The van der Waals surface area contributed by atoms with Crippen molar-refractivity contribution < 1.29 is 13.5 Å². The van der Waals surface area contributed by atoms with E-state index in [1.54, 1.807) is 25.1 Å². The largest absolute Gasteiger partial charge is 0.367 e. The number of anilines is 1. The summed E-state index contributed by atoms with van der Waals surface area (Å²) < 4.78 is 26.3. The van der Waals surface area contributed by atoms with Gasteiger partial charge in [-0.15, -0.1) is 0 Å². The maximum Gasteiger partial charge on any atom is 0.240 e. The number of nitrogens with one attached hydrogen (secondary N) is 2. The van der Waals surface area contributed by atoms with Gasteiger partial charge in [-0.25, -0.2) is 13.1 Å². The molecule has 22 heavy (non-hydrogen) atoms. The molecule has 0 unspecified atom stereocenters. The molecule has 0 spiro atoms. The van der Waals surface area contributed by atoms with E-state index >= 15 is 0 Å². The van der Waals surface area contributed by atoms with E-state index < -0.39 is 15.7 Å². The zero-order valence-electron chi connectivity index (χ0n) is 12.2. The van der Waals surface area contributed by atoms with Gasteiger partial charge in [0, 0.05) is 10.0 Å². The topological polar surface area (TPSA) is 78.4 Å². The number of hydrogen-bond donors (Lipinski definition) is 3. The maximum atomic E-state index is 11.8. The zero-order valence-corrected chi connectivity index (χ0v) is 14.6. The van der Waals surface area contributed by atoms with Crippen molar-refractivity contribution in [3.8, 4) is 0 Å². The molecule has 0 saturated carbocycles.